The Morgan fingerprint density at radius 3 is 2.31 bits per heavy atom. The van der Waals surface area contributed by atoms with E-state index in [0.29, 0.717) is 26.1 Å². The molecule has 1 amide bonds. The summed E-state index contributed by atoms with van der Waals surface area (Å²) >= 11 is 0. The summed E-state index contributed by atoms with van der Waals surface area (Å²) in [6.45, 7) is 1.25. The number of benzene rings is 2. The Bertz CT molecular complexity index is 1070. The summed E-state index contributed by atoms with van der Waals surface area (Å²) in [5, 5.41) is 2.79. The van der Waals surface area contributed by atoms with Gasteiger partial charge in [0.1, 0.15) is 11.6 Å². The van der Waals surface area contributed by atoms with E-state index in [2.05, 4.69) is 5.32 Å². The molecule has 2 aromatic rings. The topological polar surface area (TPSA) is 75.7 Å². The van der Waals surface area contributed by atoms with Gasteiger partial charge in [0, 0.05) is 36.2 Å². The van der Waals surface area contributed by atoms with E-state index in [4.69, 9.17) is 4.74 Å². The number of sulfonamides is 1. The molecule has 1 aliphatic carbocycles. The fourth-order valence-corrected chi connectivity index (χ4v) is 6.11. The van der Waals surface area contributed by atoms with Crippen LogP contribution in [0.5, 0.6) is 0 Å². The third-order valence-corrected chi connectivity index (χ3v) is 8.24. The van der Waals surface area contributed by atoms with Gasteiger partial charge in [-0.05, 0) is 43.2 Å². The Hall–Kier alpha value is -2.36. The number of hydrogen-bond acceptors (Lipinski definition) is 4. The lowest BCUT2D eigenvalue weighted by Gasteiger charge is -2.30. The molecule has 172 valence electrons. The molecule has 0 aromatic heterocycles. The van der Waals surface area contributed by atoms with E-state index in [1.54, 1.807) is 0 Å². The number of nitrogens with zero attached hydrogens (tertiary/aromatic N) is 1. The Labute approximate surface area is 186 Å². The quantitative estimate of drug-likeness (QED) is 0.712. The second-order valence-electron chi connectivity index (χ2n) is 8.31. The van der Waals surface area contributed by atoms with Crippen molar-refractivity contribution in [3.8, 4) is 0 Å². The van der Waals surface area contributed by atoms with Crippen LogP contribution in [0.3, 0.4) is 0 Å². The number of halogens is 2. The molecule has 2 aliphatic rings. The number of morpholine rings is 1. The molecule has 2 fully saturated rings. The molecule has 0 atom stereocenters. The van der Waals surface area contributed by atoms with Crippen molar-refractivity contribution in [1.29, 1.82) is 0 Å². The van der Waals surface area contributed by atoms with Gasteiger partial charge in [-0.25, -0.2) is 17.2 Å². The molecule has 1 saturated heterocycles. The zero-order valence-corrected chi connectivity index (χ0v) is 18.5. The SMILES string of the molecule is O=C(NCC1(c2c(F)cccc2F)CCCC1)c1cccc(S(=O)(=O)N2CCOCC2)c1. The average Bonchev–Trinajstić information content (AvgIpc) is 3.27. The fraction of sp³-hybridized carbons (Fsp3) is 0.435. The second-order valence-corrected chi connectivity index (χ2v) is 10.2. The van der Waals surface area contributed by atoms with Crippen LogP contribution in [0.1, 0.15) is 41.6 Å². The van der Waals surface area contributed by atoms with Crippen LogP contribution in [-0.4, -0.2) is 51.5 Å². The van der Waals surface area contributed by atoms with Crippen molar-refractivity contribution in [2.75, 3.05) is 32.8 Å². The fourth-order valence-electron chi connectivity index (χ4n) is 4.66. The maximum Gasteiger partial charge on any atom is 0.251 e. The monoisotopic (exact) mass is 464 g/mol. The third kappa shape index (κ3) is 4.42. The lowest BCUT2D eigenvalue weighted by atomic mass is 9.78. The van der Waals surface area contributed by atoms with Crippen LogP contribution in [0.15, 0.2) is 47.4 Å². The second kappa shape index (κ2) is 9.25. The summed E-state index contributed by atoms with van der Waals surface area (Å²) in [7, 11) is -3.74. The minimum atomic E-state index is -3.74. The number of rotatable bonds is 6. The standard InChI is InChI=1S/C23H26F2N2O4S/c24-19-7-4-8-20(25)21(19)23(9-1-2-10-23)16-26-22(28)17-5-3-6-18(15-17)32(29,30)27-11-13-31-14-12-27/h3-8,15H,1-2,9-14,16H2,(H,26,28). The molecule has 9 heteroatoms. The highest BCUT2D eigenvalue weighted by Crippen LogP contribution is 2.42. The number of carbonyl (C=O) groups excluding carboxylic acids is 1. The first-order chi connectivity index (χ1) is 15.3. The predicted molar refractivity (Wildman–Crippen MR) is 115 cm³/mol. The molecule has 0 unspecified atom stereocenters. The van der Waals surface area contributed by atoms with Crippen LogP contribution in [0.25, 0.3) is 0 Å². The van der Waals surface area contributed by atoms with Gasteiger partial charge < -0.3 is 10.1 Å². The summed E-state index contributed by atoms with van der Waals surface area (Å²) < 4.78 is 61.4. The maximum atomic E-state index is 14.5. The van der Waals surface area contributed by atoms with Gasteiger partial charge in [0.15, 0.2) is 0 Å². The number of amides is 1. The van der Waals surface area contributed by atoms with E-state index < -0.39 is 33.0 Å². The molecule has 0 spiro atoms. The smallest absolute Gasteiger partial charge is 0.251 e. The predicted octanol–water partition coefficient (Wildman–Crippen LogP) is 3.23. The van der Waals surface area contributed by atoms with Crippen LogP contribution >= 0.6 is 0 Å². The van der Waals surface area contributed by atoms with Gasteiger partial charge in [-0.1, -0.05) is 25.0 Å². The molecule has 0 bridgehead atoms. The Morgan fingerprint density at radius 2 is 1.66 bits per heavy atom. The van der Waals surface area contributed by atoms with Crippen LogP contribution in [0.2, 0.25) is 0 Å². The summed E-state index contributed by atoms with van der Waals surface area (Å²) in [4.78, 5) is 12.9. The van der Waals surface area contributed by atoms with Crippen molar-refractivity contribution in [3.05, 3.63) is 65.2 Å². The van der Waals surface area contributed by atoms with Gasteiger partial charge in [-0.3, -0.25) is 4.79 Å². The summed E-state index contributed by atoms with van der Waals surface area (Å²) in [5.74, 6) is -1.70. The molecule has 0 radical (unpaired) electrons. The molecule has 1 aliphatic heterocycles. The van der Waals surface area contributed by atoms with Crippen molar-refractivity contribution in [2.45, 2.75) is 36.0 Å². The normalized spacial score (nSPS) is 19.1. The molecule has 32 heavy (non-hydrogen) atoms. The maximum absolute atomic E-state index is 14.5. The van der Waals surface area contributed by atoms with Crippen LogP contribution in [-0.2, 0) is 20.2 Å². The number of ether oxygens (including phenoxy) is 1. The first kappa shape index (κ1) is 22.8. The minimum absolute atomic E-state index is 0.0152. The first-order valence-corrected chi connectivity index (χ1v) is 12.2. The zero-order chi connectivity index (χ0) is 22.8. The lowest BCUT2D eigenvalue weighted by Crippen LogP contribution is -2.41. The summed E-state index contributed by atoms with van der Waals surface area (Å²) in [6.07, 6.45) is 2.76. The largest absolute Gasteiger partial charge is 0.379 e. The van der Waals surface area contributed by atoms with Crippen molar-refractivity contribution >= 4 is 15.9 Å². The van der Waals surface area contributed by atoms with Crippen molar-refractivity contribution < 1.29 is 26.7 Å². The number of nitrogens with one attached hydrogen (secondary N) is 1. The lowest BCUT2D eigenvalue weighted by molar-refractivity contribution is 0.0730. The van der Waals surface area contributed by atoms with E-state index in [0.717, 1.165) is 12.8 Å². The van der Waals surface area contributed by atoms with Gasteiger partial charge in [-0.2, -0.15) is 4.31 Å². The van der Waals surface area contributed by atoms with Crippen LogP contribution in [0.4, 0.5) is 8.78 Å². The van der Waals surface area contributed by atoms with E-state index in [9.17, 15) is 22.0 Å². The van der Waals surface area contributed by atoms with E-state index in [1.807, 2.05) is 0 Å². The first-order valence-electron chi connectivity index (χ1n) is 10.7. The molecular formula is C23H26F2N2O4S. The van der Waals surface area contributed by atoms with Gasteiger partial charge in [-0.15, -0.1) is 0 Å². The molecule has 1 N–H and O–H groups in total. The molecular weight excluding hydrogens is 438 g/mol. The van der Waals surface area contributed by atoms with Gasteiger partial charge >= 0.3 is 0 Å². The zero-order valence-electron chi connectivity index (χ0n) is 17.6. The van der Waals surface area contributed by atoms with Crippen LogP contribution < -0.4 is 5.32 Å². The summed E-state index contributed by atoms with van der Waals surface area (Å²) in [6, 6.07) is 9.64. The molecule has 1 heterocycles. The Balaban J connectivity index is 1.53. The van der Waals surface area contributed by atoms with Gasteiger partial charge in [0.25, 0.3) is 5.91 Å². The van der Waals surface area contributed by atoms with Crippen LogP contribution in [0, 0.1) is 11.6 Å². The number of hydrogen-bond donors (Lipinski definition) is 1. The average molecular weight is 465 g/mol. The molecule has 6 nitrogen and oxygen atoms in total. The number of carbonyl (C=O) groups is 1. The highest BCUT2D eigenvalue weighted by molar-refractivity contribution is 7.89. The van der Waals surface area contributed by atoms with Crippen molar-refractivity contribution in [1.82, 2.24) is 9.62 Å². The molecule has 2 aromatic carbocycles. The highest BCUT2D eigenvalue weighted by Gasteiger charge is 2.40. The Morgan fingerprint density at radius 1 is 1.03 bits per heavy atom. The van der Waals surface area contributed by atoms with Crippen molar-refractivity contribution in [3.63, 3.8) is 0 Å². The third-order valence-electron chi connectivity index (χ3n) is 6.35. The van der Waals surface area contributed by atoms with Gasteiger partial charge in [0.2, 0.25) is 10.0 Å². The summed E-state index contributed by atoms with van der Waals surface area (Å²) in [5.41, 5.74) is -0.620. The van der Waals surface area contributed by atoms with E-state index in [-0.39, 0.29) is 35.7 Å². The van der Waals surface area contributed by atoms with E-state index in [1.165, 1.54) is 46.8 Å². The Kier molecular flexibility index (Phi) is 6.60. The van der Waals surface area contributed by atoms with Crippen molar-refractivity contribution in [2.24, 2.45) is 0 Å². The highest BCUT2D eigenvalue weighted by atomic mass is 32.2. The minimum Gasteiger partial charge on any atom is -0.379 e. The molecule has 4 rings (SSSR count). The van der Waals surface area contributed by atoms with Gasteiger partial charge in [0.05, 0.1) is 18.1 Å². The van der Waals surface area contributed by atoms with E-state index >= 15 is 0 Å². The molecule has 1 saturated carbocycles.